The molecule has 1 unspecified atom stereocenters. The van der Waals surface area contributed by atoms with E-state index in [4.69, 9.17) is 11.6 Å². The first-order valence-corrected chi connectivity index (χ1v) is 7.03. The Balaban J connectivity index is 1.78. The van der Waals surface area contributed by atoms with E-state index in [2.05, 4.69) is 5.32 Å². The molecule has 2 aromatic rings. The Labute approximate surface area is 115 Å². The minimum Gasteiger partial charge on any atom is -0.384 e. The summed E-state index contributed by atoms with van der Waals surface area (Å²) in [5, 5.41) is 3.28. The minimum atomic E-state index is -0.0259. The molecule has 2 nitrogen and oxygen atoms in total. The van der Waals surface area contributed by atoms with Gasteiger partial charge in [0.05, 0.1) is 10.3 Å². The minimum absolute atomic E-state index is 0.0259. The van der Waals surface area contributed by atoms with Crippen molar-refractivity contribution in [3.8, 4) is 0 Å². The van der Waals surface area contributed by atoms with E-state index in [1.54, 1.807) is 0 Å². The van der Waals surface area contributed by atoms with Crippen LogP contribution in [0.4, 0.5) is 5.69 Å². The quantitative estimate of drug-likeness (QED) is 0.926. The lowest BCUT2D eigenvalue weighted by Crippen LogP contribution is -2.16. The number of nitrogens with one attached hydrogen (secondary N) is 1. The van der Waals surface area contributed by atoms with Crippen molar-refractivity contribution in [2.45, 2.75) is 12.3 Å². The number of para-hydroxylation sites is 1. The maximum Gasteiger partial charge on any atom is 0.147 e. The van der Waals surface area contributed by atoms with E-state index < -0.39 is 0 Å². The summed E-state index contributed by atoms with van der Waals surface area (Å²) >= 11 is 7.36. The van der Waals surface area contributed by atoms with Crippen LogP contribution >= 0.6 is 22.9 Å². The fourth-order valence-corrected chi connectivity index (χ4v) is 3.41. The van der Waals surface area contributed by atoms with Gasteiger partial charge >= 0.3 is 0 Å². The van der Waals surface area contributed by atoms with Crippen LogP contribution < -0.4 is 5.32 Å². The second-order valence-corrected chi connectivity index (χ2v) is 6.17. The highest BCUT2D eigenvalue weighted by Crippen LogP contribution is 2.33. The van der Waals surface area contributed by atoms with Gasteiger partial charge in [0, 0.05) is 23.5 Å². The third-order valence-electron chi connectivity index (χ3n) is 3.20. The fourth-order valence-electron chi connectivity index (χ4n) is 2.31. The zero-order valence-electron chi connectivity index (χ0n) is 9.65. The summed E-state index contributed by atoms with van der Waals surface area (Å²) in [4.78, 5) is 13.3. The Morgan fingerprint density at radius 1 is 1.33 bits per heavy atom. The lowest BCUT2D eigenvalue weighted by molar-refractivity contribution is -0.119. The van der Waals surface area contributed by atoms with Crippen molar-refractivity contribution < 1.29 is 4.79 Å². The topological polar surface area (TPSA) is 29.1 Å². The highest BCUT2D eigenvalue weighted by Gasteiger charge is 2.27. The van der Waals surface area contributed by atoms with Gasteiger partial charge in [-0.05, 0) is 23.8 Å². The molecule has 1 aliphatic heterocycles. The Bertz CT molecular complexity index is 593. The number of hydrogen-bond acceptors (Lipinski definition) is 3. The maximum atomic E-state index is 12.3. The van der Waals surface area contributed by atoms with Crippen molar-refractivity contribution in [1.82, 2.24) is 0 Å². The molecule has 0 bridgehead atoms. The van der Waals surface area contributed by atoms with E-state index in [0.717, 1.165) is 20.5 Å². The normalized spacial score (nSPS) is 17.3. The zero-order chi connectivity index (χ0) is 12.5. The molecular weight excluding hydrogens is 266 g/mol. The lowest BCUT2D eigenvalue weighted by Gasteiger charge is -2.07. The van der Waals surface area contributed by atoms with Crippen molar-refractivity contribution in [3.63, 3.8) is 0 Å². The molecule has 3 rings (SSSR count). The Kier molecular flexibility index (Phi) is 3.10. The number of Topliss-reactive ketones (excluding diaryl/α,β-unsaturated/α-hetero) is 1. The summed E-state index contributed by atoms with van der Waals surface area (Å²) in [6.45, 7) is 0.706. The molecule has 2 heterocycles. The molecule has 92 valence electrons. The average Bonchev–Trinajstić information content (AvgIpc) is 2.95. The number of fused-ring (bicyclic) bond motifs is 1. The van der Waals surface area contributed by atoms with Crippen molar-refractivity contribution in [2.24, 2.45) is 0 Å². The predicted octanol–water partition coefficient (Wildman–Crippen LogP) is 3.72. The first-order valence-electron chi connectivity index (χ1n) is 5.84. The maximum absolute atomic E-state index is 12.3. The number of rotatable bonds is 3. The number of benzene rings is 1. The van der Waals surface area contributed by atoms with Crippen molar-refractivity contribution >= 4 is 34.4 Å². The van der Waals surface area contributed by atoms with Crippen LogP contribution in [0.3, 0.4) is 0 Å². The lowest BCUT2D eigenvalue weighted by atomic mass is 9.95. The summed E-state index contributed by atoms with van der Waals surface area (Å²) in [7, 11) is 0. The monoisotopic (exact) mass is 277 g/mol. The van der Waals surface area contributed by atoms with Crippen LogP contribution in [0.5, 0.6) is 0 Å². The van der Waals surface area contributed by atoms with E-state index in [1.807, 2.05) is 36.4 Å². The summed E-state index contributed by atoms with van der Waals surface area (Å²) in [6.07, 6.45) is 0.470. The van der Waals surface area contributed by atoms with Gasteiger partial charge < -0.3 is 5.32 Å². The van der Waals surface area contributed by atoms with E-state index in [0.29, 0.717) is 13.0 Å². The fraction of sp³-hybridized carbons (Fsp3) is 0.214. The number of carbonyl (C=O) groups is 1. The number of ketones is 1. The zero-order valence-corrected chi connectivity index (χ0v) is 11.2. The molecule has 0 aliphatic carbocycles. The van der Waals surface area contributed by atoms with Gasteiger partial charge in [0.1, 0.15) is 5.78 Å². The average molecular weight is 278 g/mol. The van der Waals surface area contributed by atoms with Crippen LogP contribution in [0.15, 0.2) is 36.4 Å². The smallest absolute Gasteiger partial charge is 0.147 e. The Morgan fingerprint density at radius 2 is 2.17 bits per heavy atom. The second kappa shape index (κ2) is 4.75. The molecule has 1 aromatic heterocycles. The SMILES string of the molecule is O=C(Cc1ccc(Cl)s1)C1CNc2ccccc21. The van der Waals surface area contributed by atoms with Gasteiger partial charge in [0.15, 0.2) is 0 Å². The molecule has 0 radical (unpaired) electrons. The van der Waals surface area contributed by atoms with Gasteiger partial charge in [0.2, 0.25) is 0 Å². The summed E-state index contributed by atoms with van der Waals surface area (Å²) < 4.78 is 0.739. The molecule has 0 fully saturated rings. The van der Waals surface area contributed by atoms with Crippen LogP contribution in [0, 0.1) is 0 Å². The summed E-state index contributed by atoms with van der Waals surface area (Å²) in [6, 6.07) is 11.8. The molecule has 0 amide bonds. The first-order chi connectivity index (χ1) is 8.74. The molecule has 0 spiro atoms. The van der Waals surface area contributed by atoms with Gasteiger partial charge in [-0.2, -0.15) is 0 Å². The molecule has 18 heavy (non-hydrogen) atoms. The highest BCUT2D eigenvalue weighted by molar-refractivity contribution is 7.16. The van der Waals surface area contributed by atoms with Crippen LogP contribution in [-0.4, -0.2) is 12.3 Å². The summed E-state index contributed by atoms with van der Waals surface area (Å²) in [5.74, 6) is 0.230. The standard InChI is InChI=1S/C14H12ClNOS/c15-14-6-5-9(18-14)7-13(17)11-8-16-12-4-2-1-3-10(11)12/h1-6,11,16H,7-8H2. The number of carbonyl (C=O) groups excluding carboxylic acids is 1. The number of anilines is 1. The third-order valence-corrected chi connectivity index (χ3v) is 4.43. The van der Waals surface area contributed by atoms with Crippen LogP contribution in [0.2, 0.25) is 4.34 Å². The van der Waals surface area contributed by atoms with Gasteiger partial charge in [-0.3, -0.25) is 4.79 Å². The van der Waals surface area contributed by atoms with E-state index >= 15 is 0 Å². The van der Waals surface area contributed by atoms with Gasteiger partial charge in [-0.15, -0.1) is 11.3 Å². The molecule has 1 aromatic carbocycles. The Morgan fingerprint density at radius 3 is 2.94 bits per heavy atom. The molecule has 1 aliphatic rings. The largest absolute Gasteiger partial charge is 0.384 e. The second-order valence-electron chi connectivity index (χ2n) is 4.37. The van der Waals surface area contributed by atoms with Crippen LogP contribution in [0.25, 0.3) is 0 Å². The molecule has 1 N–H and O–H groups in total. The van der Waals surface area contributed by atoms with Gasteiger partial charge in [-0.1, -0.05) is 29.8 Å². The number of hydrogen-bond donors (Lipinski definition) is 1. The van der Waals surface area contributed by atoms with Gasteiger partial charge in [0.25, 0.3) is 0 Å². The number of thiophene rings is 1. The predicted molar refractivity (Wildman–Crippen MR) is 75.7 cm³/mol. The van der Waals surface area contributed by atoms with E-state index in [9.17, 15) is 4.79 Å². The molecule has 1 atom stereocenters. The van der Waals surface area contributed by atoms with Crippen molar-refractivity contribution in [1.29, 1.82) is 0 Å². The molecule has 0 saturated heterocycles. The Hall–Kier alpha value is -1.32. The van der Waals surface area contributed by atoms with Crippen LogP contribution in [-0.2, 0) is 11.2 Å². The molecular formula is C14H12ClNOS. The van der Waals surface area contributed by atoms with Crippen molar-refractivity contribution in [2.75, 3.05) is 11.9 Å². The van der Waals surface area contributed by atoms with E-state index in [-0.39, 0.29) is 11.7 Å². The van der Waals surface area contributed by atoms with Crippen LogP contribution in [0.1, 0.15) is 16.4 Å². The van der Waals surface area contributed by atoms with Crippen molar-refractivity contribution in [3.05, 3.63) is 51.2 Å². The third kappa shape index (κ3) is 2.16. The molecule has 0 saturated carbocycles. The molecule has 4 heteroatoms. The first kappa shape index (κ1) is 11.8. The summed E-state index contributed by atoms with van der Waals surface area (Å²) in [5.41, 5.74) is 2.20. The number of halogens is 1. The highest BCUT2D eigenvalue weighted by atomic mass is 35.5. The van der Waals surface area contributed by atoms with E-state index in [1.165, 1.54) is 11.3 Å². The van der Waals surface area contributed by atoms with Gasteiger partial charge in [-0.25, -0.2) is 0 Å².